The number of rotatable bonds is 5. The van der Waals surface area contributed by atoms with Crippen molar-refractivity contribution in [3.05, 3.63) is 75.6 Å². The number of nitrogens with zero attached hydrogens (tertiary/aromatic N) is 2. The lowest BCUT2D eigenvalue weighted by atomic mass is 10.1. The van der Waals surface area contributed by atoms with Crippen molar-refractivity contribution in [3.8, 4) is 0 Å². The van der Waals surface area contributed by atoms with Crippen LogP contribution in [0, 0.1) is 5.82 Å². The summed E-state index contributed by atoms with van der Waals surface area (Å²) in [5.74, 6) is -0.930. The van der Waals surface area contributed by atoms with Gasteiger partial charge in [-0.3, -0.25) is 15.0 Å². The number of hydrogen-bond acceptors (Lipinski definition) is 3. The number of carbonyl (C=O) groups is 1. The molecule has 1 saturated carbocycles. The SMILES string of the molecule is O=C(CCc1ccc(F)cc1)Nn1c(C2CC2)nc2c(C(F)(F)F)cccc2c1=O. The van der Waals surface area contributed by atoms with Crippen LogP contribution in [0.5, 0.6) is 0 Å². The van der Waals surface area contributed by atoms with Crippen LogP contribution < -0.4 is 11.0 Å². The van der Waals surface area contributed by atoms with Crippen LogP contribution in [-0.2, 0) is 17.4 Å². The number of amides is 1. The highest BCUT2D eigenvalue weighted by atomic mass is 19.4. The number of alkyl halides is 3. The lowest BCUT2D eigenvalue weighted by Gasteiger charge is -2.16. The molecule has 1 amide bonds. The van der Waals surface area contributed by atoms with E-state index in [0.717, 1.165) is 22.4 Å². The molecule has 156 valence electrons. The fraction of sp³-hybridized carbons (Fsp3) is 0.286. The topological polar surface area (TPSA) is 64.0 Å². The Morgan fingerprint density at radius 3 is 2.47 bits per heavy atom. The molecule has 1 aliphatic carbocycles. The van der Waals surface area contributed by atoms with Gasteiger partial charge in [-0.1, -0.05) is 18.2 Å². The number of fused-ring (bicyclic) bond motifs is 1. The molecule has 5 nitrogen and oxygen atoms in total. The number of carbonyl (C=O) groups excluding carboxylic acids is 1. The summed E-state index contributed by atoms with van der Waals surface area (Å²) >= 11 is 0. The molecular weight excluding hydrogens is 402 g/mol. The van der Waals surface area contributed by atoms with Gasteiger partial charge in [0.2, 0.25) is 5.91 Å². The molecule has 30 heavy (non-hydrogen) atoms. The molecule has 1 heterocycles. The smallest absolute Gasteiger partial charge is 0.273 e. The number of halogens is 4. The third kappa shape index (κ3) is 4.05. The van der Waals surface area contributed by atoms with Gasteiger partial charge in [-0.2, -0.15) is 13.2 Å². The van der Waals surface area contributed by atoms with Gasteiger partial charge in [-0.05, 0) is 49.1 Å². The summed E-state index contributed by atoms with van der Waals surface area (Å²) in [6.45, 7) is 0. The third-order valence-electron chi connectivity index (χ3n) is 4.96. The Labute approximate surface area is 168 Å². The Kier molecular flexibility index (Phi) is 5.05. The second-order valence-corrected chi connectivity index (χ2v) is 7.25. The van der Waals surface area contributed by atoms with Gasteiger partial charge < -0.3 is 0 Å². The molecule has 0 bridgehead atoms. The number of benzene rings is 2. The molecule has 0 atom stereocenters. The maximum absolute atomic E-state index is 13.4. The van der Waals surface area contributed by atoms with Gasteiger partial charge >= 0.3 is 6.18 Å². The zero-order valence-electron chi connectivity index (χ0n) is 15.7. The second-order valence-electron chi connectivity index (χ2n) is 7.25. The molecule has 0 radical (unpaired) electrons. The summed E-state index contributed by atoms with van der Waals surface area (Å²) in [4.78, 5) is 29.4. The zero-order chi connectivity index (χ0) is 21.5. The van der Waals surface area contributed by atoms with E-state index in [1.807, 2.05) is 0 Å². The van der Waals surface area contributed by atoms with Crippen LogP contribution >= 0.6 is 0 Å². The van der Waals surface area contributed by atoms with E-state index >= 15 is 0 Å². The molecule has 0 unspecified atom stereocenters. The largest absolute Gasteiger partial charge is 0.418 e. The number of aryl methyl sites for hydroxylation is 1. The van der Waals surface area contributed by atoms with Crippen LogP contribution in [0.4, 0.5) is 17.6 Å². The van der Waals surface area contributed by atoms with Crippen LogP contribution in [0.2, 0.25) is 0 Å². The van der Waals surface area contributed by atoms with Gasteiger partial charge in [0.05, 0.1) is 16.5 Å². The number of hydrogen-bond donors (Lipinski definition) is 1. The summed E-state index contributed by atoms with van der Waals surface area (Å²) in [6.07, 6.45) is -2.96. The minimum absolute atomic E-state index is 0.0167. The molecule has 0 aliphatic heterocycles. The second kappa shape index (κ2) is 7.55. The molecule has 2 aromatic carbocycles. The van der Waals surface area contributed by atoms with Crippen molar-refractivity contribution < 1.29 is 22.4 Å². The molecule has 4 rings (SSSR count). The normalized spacial score (nSPS) is 14.1. The zero-order valence-corrected chi connectivity index (χ0v) is 15.7. The maximum Gasteiger partial charge on any atom is 0.418 e. The molecular formula is C21H17F4N3O2. The molecule has 1 aromatic heterocycles. The first kappa shape index (κ1) is 20.1. The van der Waals surface area contributed by atoms with Crippen LogP contribution in [0.3, 0.4) is 0 Å². The van der Waals surface area contributed by atoms with Gasteiger partial charge in [0.1, 0.15) is 11.6 Å². The van der Waals surface area contributed by atoms with Crippen LogP contribution in [0.25, 0.3) is 10.9 Å². The average Bonchev–Trinajstić information content (AvgIpc) is 3.53. The maximum atomic E-state index is 13.4. The van der Waals surface area contributed by atoms with Crippen molar-refractivity contribution in [1.29, 1.82) is 0 Å². The van der Waals surface area contributed by atoms with E-state index in [4.69, 9.17) is 0 Å². The van der Waals surface area contributed by atoms with Crippen molar-refractivity contribution in [1.82, 2.24) is 9.66 Å². The van der Waals surface area contributed by atoms with Crippen LogP contribution in [0.15, 0.2) is 47.3 Å². The molecule has 3 aromatic rings. The lowest BCUT2D eigenvalue weighted by Crippen LogP contribution is -2.36. The summed E-state index contributed by atoms with van der Waals surface area (Å²) < 4.78 is 54.0. The number of para-hydroxylation sites is 1. The monoisotopic (exact) mass is 419 g/mol. The highest BCUT2D eigenvalue weighted by molar-refractivity contribution is 5.85. The van der Waals surface area contributed by atoms with Crippen molar-refractivity contribution in [3.63, 3.8) is 0 Å². The lowest BCUT2D eigenvalue weighted by molar-refractivity contribution is -0.136. The molecule has 0 saturated heterocycles. The predicted octanol–water partition coefficient (Wildman–Crippen LogP) is 4.13. The minimum atomic E-state index is -4.65. The van der Waals surface area contributed by atoms with E-state index in [-0.39, 0.29) is 29.4 Å². The van der Waals surface area contributed by atoms with Crippen LogP contribution in [-0.4, -0.2) is 15.6 Å². The number of aromatic nitrogens is 2. The summed E-state index contributed by atoms with van der Waals surface area (Å²) in [7, 11) is 0. The molecule has 1 fully saturated rings. The van der Waals surface area contributed by atoms with Crippen molar-refractivity contribution in [2.75, 3.05) is 5.43 Å². The summed E-state index contributed by atoms with van der Waals surface area (Å²) in [5, 5.41) is -0.215. The highest BCUT2D eigenvalue weighted by Crippen LogP contribution is 2.40. The summed E-state index contributed by atoms with van der Waals surface area (Å²) in [5.41, 5.74) is 1.09. The van der Waals surface area contributed by atoms with Gasteiger partial charge in [0.25, 0.3) is 5.56 Å². The Hall–Kier alpha value is -3.23. The quantitative estimate of drug-likeness (QED) is 0.633. The van der Waals surface area contributed by atoms with E-state index < -0.39 is 28.7 Å². The van der Waals surface area contributed by atoms with Gasteiger partial charge in [0.15, 0.2) is 0 Å². The van der Waals surface area contributed by atoms with Crippen molar-refractivity contribution in [2.45, 2.75) is 37.8 Å². The Bertz CT molecular complexity index is 1170. The fourth-order valence-corrected chi connectivity index (χ4v) is 3.27. The Morgan fingerprint density at radius 2 is 1.83 bits per heavy atom. The fourth-order valence-electron chi connectivity index (χ4n) is 3.27. The van der Waals surface area contributed by atoms with Gasteiger partial charge in [0, 0.05) is 12.3 Å². The van der Waals surface area contributed by atoms with E-state index in [1.165, 1.54) is 18.2 Å². The highest BCUT2D eigenvalue weighted by Gasteiger charge is 2.36. The number of nitrogens with one attached hydrogen (secondary N) is 1. The van der Waals surface area contributed by atoms with E-state index in [0.29, 0.717) is 19.3 Å². The third-order valence-corrected chi connectivity index (χ3v) is 4.96. The predicted molar refractivity (Wildman–Crippen MR) is 102 cm³/mol. The Morgan fingerprint density at radius 1 is 1.13 bits per heavy atom. The van der Waals surface area contributed by atoms with E-state index in [1.54, 1.807) is 12.1 Å². The van der Waals surface area contributed by atoms with E-state index in [9.17, 15) is 27.2 Å². The molecule has 9 heteroatoms. The molecule has 1 N–H and O–H groups in total. The molecule has 0 spiro atoms. The average molecular weight is 419 g/mol. The first-order valence-corrected chi connectivity index (χ1v) is 9.41. The molecule has 1 aliphatic rings. The van der Waals surface area contributed by atoms with Crippen LogP contribution in [0.1, 0.15) is 42.1 Å². The van der Waals surface area contributed by atoms with Gasteiger partial charge in [-0.25, -0.2) is 14.1 Å². The summed E-state index contributed by atoms with van der Waals surface area (Å²) in [6, 6.07) is 8.98. The van der Waals surface area contributed by atoms with E-state index in [2.05, 4.69) is 10.4 Å². The Balaban J connectivity index is 1.65. The first-order chi connectivity index (χ1) is 14.2. The first-order valence-electron chi connectivity index (χ1n) is 9.41. The minimum Gasteiger partial charge on any atom is -0.273 e. The standard InChI is InChI=1S/C21H17F4N3O2/c22-14-9-4-12(5-10-14)6-11-17(29)27-28-19(13-7-8-13)26-18-15(20(28)30)2-1-3-16(18)21(23,24)25/h1-5,9-10,13H,6-8,11H2,(H,27,29). The van der Waals surface area contributed by atoms with Gasteiger partial charge in [-0.15, -0.1) is 0 Å². The van der Waals surface area contributed by atoms with Crippen molar-refractivity contribution >= 4 is 16.8 Å². The van der Waals surface area contributed by atoms with Crippen molar-refractivity contribution in [2.24, 2.45) is 0 Å².